The van der Waals surface area contributed by atoms with E-state index < -0.39 is 0 Å². The van der Waals surface area contributed by atoms with Crippen LogP contribution in [0.25, 0.3) is 16.3 Å². The minimum atomic E-state index is 1.00. The maximum atomic E-state index is 4.52. The number of rotatable bonds is 4. The summed E-state index contributed by atoms with van der Waals surface area (Å²) >= 11 is 1.68. The van der Waals surface area contributed by atoms with Gasteiger partial charge in [0.15, 0.2) is 0 Å². The van der Waals surface area contributed by atoms with E-state index in [4.69, 9.17) is 0 Å². The van der Waals surface area contributed by atoms with Crippen LogP contribution in [0.5, 0.6) is 0 Å². The van der Waals surface area contributed by atoms with Crippen LogP contribution in [0.1, 0.15) is 5.56 Å². The molecule has 3 aromatic rings. The van der Waals surface area contributed by atoms with E-state index in [1.807, 2.05) is 6.07 Å². The fourth-order valence-electron chi connectivity index (χ4n) is 3.07. The number of anilines is 1. The monoisotopic (exact) mass is 336 g/mol. The maximum absolute atomic E-state index is 4.52. The molecular formula is C19H20N4S. The quantitative estimate of drug-likeness (QED) is 0.730. The number of hydrogen-bond donors (Lipinski definition) is 0. The summed E-state index contributed by atoms with van der Waals surface area (Å²) in [5.41, 5.74) is 1.26. The average Bonchev–Trinajstić information content (AvgIpc) is 3.12. The van der Waals surface area contributed by atoms with Crippen LogP contribution < -0.4 is 4.90 Å². The molecule has 1 fully saturated rings. The smallest absolute Gasteiger partial charge is 0.140 e. The highest BCUT2D eigenvalue weighted by atomic mass is 32.1. The number of piperazine rings is 1. The van der Waals surface area contributed by atoms with Crippen molar-refractivity contribution in [1.82, 2.24) is 14.9 Å². The van der Waals surface area contributed by atoms with E-state index in [1.54, 1.807) is 17.7 Å². The van der Waals surface area contributed by atoms with Gasteiger partial charge in [-0.1, -0.05) is 42.5 Å². The lowest BCUT2D eigenvalue weighted by atomic mass is 10.2. The van der Waals surface area contributed by atoms with Gasteiger partial charge in [-0.2, -0.15) is 0 Å². The van der Waals surface area contributed by atoms with E-state index in [2.05, 4.69) is 67.6 Å². The summed E-state index contributed by atoms with van der Waals surface area (Å²) in [6.07, 6.45) is 6.14. The summed E-state index contributed by atoms with van der Waals surface area (Å²) in [5, 5.41) is 3.27. The van der Waals surface area contributed by atoms with E-state index in [0.29, 0.717) is 0 Å². The first-order valence-electron chi connectivity index (χ1n) is 8.27. The van der Waals surface area contributed by atoms with Crippen LogP contribution in [0.15, 0.2) is 54.2 Å². The van der Waals surface area contributed by atoms with E-state index in [9.17, 15) is 0 Å². The molecule has 0 saturated carbocycles. The third-order valence-electron chi connectivity index (χ3n) is 4.39. The number of aromatic nitrogens is 2. The molecule has 4 rings (SSSR count). The zero-order valence-electron chi connectivity index (χ0n) is 13.5. The fraction of sp³-hybridized carbons (Fsp3) is 0.263. The Hall–Kier alpha value is -2.24. The molecule has 0 amide bonds. The van der Waals surface area contributed by atoms with Gasteiger partial charge in [0.1, 0.15) is 17.0 Å². The Morgan fingerprint density at radius 1 is 1.00 bits per heavy atom. The molecule has 1 aliphatic rings. The van der Waals surface area contributed by atoms with Crippen molar-refractivity contribution in [2.75, 3.05) is 37.6 Å². The van der Waals surface area contributed by atoms with Crippen molar-refractivity contribution in [2.24, 2.45) is 0 Å². The van der Waals surface area contributed by atoms with Crippen LogP contribution in [0.4, 0.5) is 5.82 Å². The maximum Gasteiger partial charge on any atom is 0.140 e. The average molecular weight is 336 g/mol. The van der Waals surface area contributed by atoms with Gasteiger partial charge in [0.25, 0.3) is 0 Å². The Morgan fingerprint density at radius 2 is 1.83 bits per heavy atom. The van der Waals surface area contributed by atoms with Gasteiger partial charge < -0.3 is 4.90 Å². The predicted octanol–water partition coefficient (Wildman–Crippen LogP) is 3.53. The first-order chi connectivity index (χ1) is 11.9. The van der Waals surface area contributed by atoms with E-state index in [0.717, 1.165) is 43.4 Å². The van der Waals surface area contributed by atoms with E-state index >= 15 is 0 Å². The van der Waals surface area contributed by atoms with E-state index in [1.165, 1.54) is 10.9 Å². The molecule has 1 saturated heterocycles. The van der Waals surface area contributed by atoms with Crippen molar-refractivity contribution in [3.8, 4) is 0 Å². The van der Waals surface area contributed by atoms with Crippen LogP contribution in [0.3, 0.4) is 0 Å². The standard InChI is InChI=1S/C19H20N4S/c1-2-5-16(6-3-1)7-4-9-22-10-12-23(13-11-22)18-17-8-14-24-19(17)21-15-20-18/h1-8,14-15H,9-13H2/b7-4+. The van der Waals surface area contributed by atoms with Gasteiger partial charge in [-0.3, -0.25) is 4.90 Å². The largest absolute Gasteiger partial charge is 0.353 e. The number of fused-ring (bicyclic) bond motifs is 1. The highest BCUT2D eigenvalue weighted by Crippen LogP contribution is 2.27. The van der Waals surface area contributed by atoms with Gasteiger partial charge in [-0.05, 0) is 17.0 Å². The molecule has 0 aliphatic carbocycles. The Kier molecular flexibility index (Phi) is 4.53. The molecule has 0 spiro atoms. The van der Waals surface area contributed by atoms with Gasteiger partial charge in [0.2, 0.25) is 0 Å². The zero-order valence-corrected chi connectivity index (χ0v) is 14.3. The number of thiophene rings is 1. The zero-order chi connectivity index (χ0) is 16.2. The molecule has 2 aromatic heterocycles. The van der Waals surface area contributed by atoms with Crippen molar-refractivity contribution < 1.29 is 0 Å². The van der Waals surface area contributed by atoms with Crippen LogP contribution in [0, 0.1) is 0 Å². The third kappa shape index (κ3) is 3.32. The minimum absolute atomic E-state index is 1.00. The summed E-state index contributed by atoms with van der Waals surface area (Å²) in [5.74, 6) is 1.08. The van der Waals surface area contributed by atoms with Crippen molar-refractivity contribution >= 4 is 33.4 Å². The lowest BCUT2D eigenvalue weighted by molar-refractivity contribution is 0.284. The second-order valence-electron chi connectivity index (χ2n) is 5.94. The van der Waals surface area contributed by atoms with Crippen molar-refractivity contribution in [1.29, 1.82) is 0 Å². The SMILES string of the molecule is C(=C\c1ccccc1)/CN1CCN(c2ncnc3sccc23)CC1. The second kappa shape index (κ2) is 7.11. The molecule has 122 valence electrons. The molecule has 3 heterocycles. The molecule has 0 unspecified atom stereocenters. The molecule has 0 atom stereocenters. The van der Waals surface area contributed by atoms with Crippen LogP contribution in [-0.4, -0.2) is 47.6 Å². The Balaban J connectivity index is 1.35. The summed E-state index contributed by atoms with van der Waals surface area (Å²) in [4.78, 5) is 14.8. The molecule has 4 nitrogen and oxygen atoms in total. The molecule has 0 bridgehead atoms. The predicted molar refractivity (Wildman–Crippen MR) is 102 cm³/mol. The van der Waals surface area contributed by atoms with Crippen LogP contribution in [-0.2, 0) is 0 Å². The summed E-state index contributed by atoms with van der Waals surface area (Å²) in [7, 11) is 0. The highest BCUT2D eigenvalue weighted by Gasteiger charge is 2.19. The van der Waals surface area contributed by atoms with Crippen LogP contribution in [0.2, 0.25) is 0 Å². The van der Waals surface area contributed by atoms with Crippen molar-refractivity contribution in [2.45, 2.75) is 0 Å². The van der Waals surface area contributed by atoms with E-state index in [-0.39, 0.29) is 0 Å². The van der Waals surface area contributed by atoms with Gasteiger partial charge >= 0.3 is 0 Å². The van der Waals surface area contributed by atoms with Crippen molar-refractivity contribution in [3.63, 3.8) is 0 Å². The normalized spacial score (nSPS) is 16.2. The number of nitrogens with zero attached hydrogens (tertiary/aromatic N) is 4. The van der Waals surface area contributed by atoms with Gasteiger partial charge in [-0.25, -0.2) is 9.97 Å². The Bertz CT molecular complexity index is 820. The Labute approximate surface area is 146 Å². The molecule has 0 radical (unpaired) electrons. The Morgan fingerprint density at radius 3 is 2.67 bits per heavy atom. The summed E-state index contributed by atoms with van der Waals surface area (Å²) in [6.45, 7) is 5.16. The number of hydrogen-bond acceptors (Lipinski definition) is 5. The first kappa shape index (κ1) is 15.3. The molecular weight excluding hydrogens is 316 g/mol. The molecule has 1 aliphatic heterocycles. The third-order valence-corrected chi connectivity index (χ3v) is 5.21. The minimum Gasteiger partial charge on any atom is -0.353 e. The lowest BCUT2D eigenvalue weighted by Gasteiger charge is -2.35. The molecule has 5 heteroatoms. The molecule has 24 heavy (non-hydrogen) atoms. The summed E-state index contributed by atoms with van der Waals surface area (Å²) in [6, 6.07) is 12.6. The molecule has 1 aromatic carbocycles. The number of benzene rings is 1. The van der Waals surface area contributed by atoms with Gasteiger partial charge in [-0.15, -0.1) is 11.3 Å². The lowest BCUT2D eigenvalue weighted by Crippen LogP contribution is -2.46. The first-order valence-corrected chi connectivity index (χ1v) is 9.15. The fourth-order valence-corrected chi connectivity index (χ4v) is 3.80. The van der Waals surface area contributed by atoms with Crippen LogP contribution >= 0.6 is 11.3 Å². The van der Waals surface area contributed by atoms with Gasteiger partial charge in [0, 0.05) is 32.7 Å². The molecule has 0 N–H and O–H groups in total. The highest BCUT2D eigenvalue weighted by molar-refractivity contribution is 7.16. The second-order valence-corrected chi connectivity index (χ2v) is 6.83. The van der Waals surface area contributed by atoms with Crippen molar-refractivity contribution in [3.05, 3.63) is 59.7 Å². The van der Waals surface area contributed by atoms with Gasteiger partial charge in [0.05, 0.1) is 5.39 Å². The summed E-state index contributed by atoms with van der Waals surface area (Å²) < 4.78 is 0. The topological polar surface area (TPSA) is 32.3 Å².